The third-order valence-corrected chi connectivity index (χ3v) is 5.32. The van der Waals surface area contributed by atoms with Crippen LogP contribution in [0.4, 0.5) is 0 Å². The highest BCUT2D eigenvalue weighted by Gasteiger charge is 2.19. The van der Waals surface area contributed by atoms with Gasteiger partial charge in [0.1, 0.15) is 4.90 Å². The van der Waals surface area contributed by atoms with Crippen molar-refractivity contribution in [2.24, 2.45) is 5.73 Å². The van der Waals surface area contributed by atoms with Crippen LogP contribution in [0.5, 0.6) is 0 Å². The van der Waals surface area contributed by atoms with Crippen LogP contribution in [0.2, 0.25) is 0 Å². The Hall–Kier alpha value is -0.540. The lowest BCUT2D eigenvalue weighted by molar-refractivity contribution is 0.0287. The number of pyridine rings is 1. The van der Waals surface area contributed by atoms with Crippen LogP contribution in [0.3, 0.4) is 0 Å². The van der Waals surface area contributed by atoms with Crippen molar-refractivity contribution in [1.82, 2.24) is 9.71 Å². The summed E-state index contributed by atoms with van der Waals surface area (Å²) >= 11 is 3.20. The summed E-state index contributed by atoms with van der Waals surface area (Å²) in [6, 6.07) is 1.80. The van der Waals surface area contributed by atoms with Crippen LogP contribution in [-0.4, -0.2) is 38.7 Å². The highest BCUT2D eigenvalue weighted by molar-refractivity contribution is 9.10. The molecule has 0 radical (unpaired) electrons. The van der Waals surface area contributed by atoms with Gasteiger partial charge in [-0.25, -0.2) is 13.1 Å². The molecular weight excluding hydrogens is 358 g/mol. The van der Waals surface area contributed by atoms with Gasteiger partial charge in [-0.05, 0) is 47.7 Å². The zero-order valence-electron chi connectivity index (χ0n) is 11.7. The fourth-order valence-electron chi connectivity index (χ4n) is 2.28. The van der Waals surface area contributed by atoms with Gasteiger partial charge >= 0.3 is 0 Å². The van der Waals surface area contributed by atoms with Crippen LogP contribution in [0, 0.1) is 0 Å². The number of hydrogen-bond donors (Lipinski definition) is 2. The van der Waals surface area contributed by atoms with Gasteiger partial charge in [0.15, 0.2) is 0 Å². The molecule has 0 unspecified atom stereocenters. The summed E-state index contributed by atoms with van der Waals surface area (Å²) in [6.45, 7) is 0.609. The van der Waals surface area contributed by atoms with E-state index in [9.17, 15) is 8.42 Å². The van der Waals surface area contributed by atoms with E-state index >= 15 is 0 Å². The highest BCUT2D eigenvalue weighted by atomic mass is 79.9. The molecule has 1 fully saturated rings. The van der Waals surface area contributed by atoms with Gasteiger partial charge in [0.05, 0.1) is 12.7 Å². The molecule has 6 nitrogen and oxygen atoms in total. The normalized spacial score (nSPS) is 23.1. The number of nitrogens with zero attached hydrogens (tertiary/aromatic N) is 1. The summed E-state index contributed by atoms with van der Waals surface area (Å²) in [5, 5.41) is 0. The van der Waals surface area contributed by atoms with Crippen molar-refractivity contribution >= 4 is 26.0 Å². The number of aromatic nitrogens is 1. The molecule has 1 aliphatic carbocycles. The molecule has 1 heterocycles. The van der Waals surface area contributed by atoms with Crippen LogP contribution in [0.1, 0.15) is 25.7 Å². The molecule has 3 N–H and O–H groups in total. The number of halogens is 1. The summed E-state index contributed by atoms with van der Waals surface area (Å²) in [6.07, 6.45) is 6.89. The van der Waals surface area contributed by atoms with E-state index in [1.54, 1.807) is 0 Å². The Morgan fingerprint density at radius 3 is 2.71 bits per heavy atom. The second-order valence-corrected chi connectivity index (χ2v) is 7.83. The van der Waals surface area contributed by atoms with Crippen molar-refractivity contribution in [3.05, 3.63) is 22.9 Å². The van der Waals surface area contributed by atoms with Crippen LogP contribution in [-0.2, 0) is 14.8 Å². The molecule has 0 bridgehead atoms. The molecule has 1 saturated carbocycles. The number of nitrogens with two attached hydrogens (primary N) is 1. The standard InChI is InChI=1S/C13H20BrN3O3S/c14-10-7-13(9-16-8-10)21(18,19)17-5-6-20-12-3-1-11(15)2-4-12/h7-9,11-12,17H,1-6,15H2. The maximum atomic E-state index is 12.0. The Bertz CT molecular complexity index is 560. The molecule has 0 saturated heterocycles. The van der Waals surface area contributed by atoms with Crippen LogP contribution < -0.4 is 10.5 Å². The molecule has 1 aromatic heterocycles. The predicted molar refractivity (Wildman–Crippen MR) is 83.3 cm³/mol. The number of sulfonamides is 1. The van der Waals surface area contributed by atoms with E-state index in [2.05, 4.69) is 25.6 Å². The average Bonchev–Trinajstić information content (AvgIpc) is 2.45. The SMILES string of the molecule is NC1CCC(OCCNS(=O)(=O)c2cncc(Br)c2)CC1. The zero-order chi connectivity index (χ0) is 15.3. The molecular formula is C13H20BrN3O3S. The summed E-state index contributed by atoms with van der Waals surface area (Å²) in [5.41, 5.74) is 5.83. The van der Waals surface area contributed by atoms with Gasteiger partial charge < -0.3 is 10.5 Å². The Morgan fingerprint density at radius 1 is 1.33 bits per heavy atom. The highest BCUT2D eigenvalue weighted by Crippen LogP contribution is 2.19. The van der Waals surface area contributed by atoms with Gasteiger partial charge in [0.25, 0.3) is 0 Å². The lowest BCUT2D eigenvalue weighted by atomic mass is 9.94. The van der Waals surface area contributed by atoms with Crippen LogP contribution >= 0.6 is 15.9 Å². The third-order valence-electron chi connectivity index (χ3n) is 3.46. The van der Waals surface area contributed by atoms with E-state index in [0.717, 1.165) is 25.7 Å². The van der Waals surface area contributed by atoms with E-state index in [0.29, 0.717) is 11.1 Å². The molecule has 21 heavy (non-hydrogen) atoms. The summed E-state index contributed by atoms with van der Waals surface area (Å²) in [4.78, 5) is 3.99. The van der Waals surface area contributed by atoms with Crippen LogP contribution in [0.15, 0.2) is 27.8 Å². The molecule has 8 heteroatoms. The molecule has 118 valence electrons. The molecule has 0 aliphatic heterocycles. The van der Waals surface area contributed by atoms with Gasteiger partial charge in [0.2, 0.25) is 10.0 Å². The van der Waals surface area contributed by atoms with Crippen molar-refractivity contribution in [2.45, 2.75) is 42.7 Å². The number of nitrogens with one attached hydrogen (secondary N) is 1. The van der Waals surface area contributed by atoms with Crippen molar-refractivity contribution in [1.29, 1.82) is 0 Å². The molecule has 0 aromatic carbocycles. The Kier molecular flexibility index (Phi) is 6.12. The van der Waals surface area contributed by atoms with Crippen molar-refractivity contribution in [3.8, 4) is 0 Å². The van der Waals surface area contributed by atoms with E-state index < -0.39 is 10.0 Å². The van der Waals surface area contributed by atoms with Gasteiger partial charge in [-0.15, -0.1) is 0 Å². The van der Waals surface area contributed by atoms with Gasteiger partial charge in [0, 0.05) is 29.5 Å². The van der Waals surface area contributed by atoms with Crippen molar-refractivity contribution in [2.75, 3.05) is 13.2 Å². The molecule has 0 spiro atoms. The lowest BCUT2D eigenvalue weighted by Crippen LogP contribution is -2.33. The summed E-state index contributed by atoms with van der Waals surface area (Å²) in [7, 11) is -3.54. The summed E-state index contributed by atoms with van der Waals surface area (Å²) < 4.78 is 32.9. The molecule has 0 atom stereocenters. The van der Waals surface area contributed by atoms with Crippen molar-refractivity contribution in [3.63, 3.8) is 0 Å². The second-order valence-electron chi connectivity index (χ2n) is 5.14. The topological polar surface area (TPSA) is 94.3 Å². The first-order valence-electron chi connectivity index (χ1n) is 6.95. The minimum Gasteiger partial charge on any atom is -0.377 e. The smallest absolute Gasteiger partial charge is 0.242 e. The molecule has 0 amide bonds. The van der Waals surface area contributed by atoms with E-state index in [1.165, 1.54) is 18.5 Å². The lowest BCUT2D eigenvalue weighted by Gasteiger charge is -2.26. The third kappa shape index (κ3) is 5.30. The zero-order valence-corrected chi connectivity index (χ0v) is 14.1. The van der Waals surface area contributed by atoms with E-state index in [1.807, 2.05) is 0 Å². The Balaban J connectivity index is 1.75. The first-order valence-corrected chi connectivity index (χ1v) is 9.22. The van der Waals surface area contributed by atoms with E-state index in [4.69, 9.17) is 10.5 Å². The summed E-state index contributed by atoms with van der Waals surface area (Å²) in [5.74, 6) is 0. The first kappa shape index (κ1) is 16.8. The Labute approximate surface area is 133 Å². The minimum atomic E-state index is -3.54. The number of rotatable bonds is 6. The first-order chi connectivity index (χ1) is 9.97. The van der Waals surface area contributed by atoms with E-state index in [-0.39, 0.29) is 23.6 Å². The van der Waals surface area contributed by atoms with Gasteiger partial charge in [-0.3, -0.25) is 4.98 Å². The van der Waals surface area contributed by atoms with Gasteiger partial charge in [-0.2, -0.15) is 0 Å². The molecule has 1 aliphatic rings. The maximum absolute atomic E-state index is 12.0. The minimum absolute atomic E-state index is 0.139. The average molecular weight is 378 g/mol. The number of hydrogen-bond acceptors (Lipinski definition) is 5. The van der Waals surface area contributed by atoms with Gasteiger partial charge in [-0.1, -0.05) is 0 Å². The predicted octanol–water partition coefficient (Wildman–Crippen LogP) is 1.41. The number of ether oxygens (including phenoxy) is 1. The molecule has 2 rings (SSSR count). The fraction of sp³-hybridized carbons (Fsp3) is 0.615. The van der Waals surface area contributed by atoms with Crippen LogP contribution in [0.25, 0.3) is 0 Å². The molecule has 1 aromatic rings. The second kappa shape index (κ2) is 7.64. The van der Waals surface area contributed by atoms with Crippen molar-refractivity contribution < 1.29 is 13.2 Å². The fourth-order valence-corrected chi connectivity index (χ4v) is 3.80. The quantitative estimate of drug-likeness (QED) is 0.730. The Morgan fingerprint density at radius 2 is 2.05 bits per heavy atom. The maximum Gasteiger partial charge on any atom is 0.242 e. The largest absolute Gasteiger partial charge is 0.377 e. The monoisotopic (exact) mass is 377 g/mol.